The van der Waals surface area contributed by atoms with E-state index in [1.54, 1.807) is 6.26 Å². The number of nitrogens with two attached hydrogens (primary N) is 1. The van der Waals surface area contributed by atoms with Gasteiger partial charge in [-0.25, -0.2) is 5.84 Å². The van der Waals surface area contributed by atoms with Crippen molar-refractivity contribution in [3.05, 3.63) is 23.7 Å². The lowest BCUT2D eigenvalue weighted by Crippen LogP contribution is -2.33. The number of furan rings is 1. The fourth-order valence-electron chi connectivity index (χ4n) is 2.40. The predicted molar refractivity (Wildman–Crippen MR) is 68.8 cm³/mol. The highest BCUT2D eigenvalue weighted by atomic mass is 16.3. The Morgan fingerprint density at radius 3 is 2.88 bits per heavy atom. The summed E-state index contributed by atoms with van der Waals surface area (Å²) in [6.07, 6.45) is 8.78. The summed E-state index contributed by atoms with van der Waals surface area (Å²) in [4.78, 5) is 4.73. The van der Waals surface area contributed by atoms with Crippen LogP contribution in [0.1, 0.15) is 50.4 Å². The first kappa shape index (κ1) is 12.2. The highest BCUT2D eigenvalue weighted by molar-refractivity contribution is 5.99. The molecule has 1 fully saturated rings. The van der Waals surface area contributed by atoms with Crippen LogP contribution in [-0.2, 0) is 6.42 Å². The summed E-state index contributed by atoms with van der Waals surface area (Å²) in [6.45, 7) is 2.07. The van der Waals surface area contributed by atoms with E-state index in [1.807, 2.05) is 6.07 Å². The van der Waals surface area contributed by atoms with Crippen LogP contribution in [0.2, 0.25) is 0 Å². The van der Waals surface area contributed by atoms with Gasteiger partial charge in [-0.3, -0.25) is 4.99 Å². The van der Waals surface area contributed by atoms with Gasteiger partial charge in [-0.15, -0.1) is 0 Å². The second-order valence-electron chi connectivity index (χ2n) is 4.52. The molecule has 0 atom stereocenters. The number of nitrogens with one attached hydrogen (secondary N) is 1. The van der Waals surface area contributed by atoms with Crippen molar-refractivity contribution in [2.45, 2.75) is 51.5 Å². The Kier molecular flexibility index (Phi) is 4.20. The molecule has 4 heteroatoms. The predicted octanol–water partition coefficient (Wildman–Crippen LogP) is 2.38. The molecular formula is C13H21N3O. The van der Waals surface area contributed by atoms with E-state index in [0.717, 1.165) is 23.6 Å². The number of hydrogen-bond donors (Lipinski definition) is 2. The van der Waals surface area contributed by atoms with Crippen LogP contribution in [0.15, 0.2) is 21.7 Å². The zero-order valence-electron chi connectivity index (χ0n) is 10.4. The van der Waals surface area contributed by atoms with Crippen molar-refractivity contribution in [2.24, 2.45) is 10.8 Å². The Morgan fingerprint density at radius 2 is 2.24 bits per heavy atom. The summed E-state index contributed by atoms with van der Waals surface area (Å²) >= 11 is 0. The molecule has 1 aromatic rings. The Bertz CT molecular complexity index is 378. The Labute approximate surface area is 102 Å². The maximum atomic E-state index is 5.58. The molecule has 4 nitrogen and oxygen atoms in total. The molecule has 0 radical (unpaired) electrons. The maximum Gasteiger partial charge on any atom is 0.146 e. The average molecular weight is 235 g/mol. The van der Waals surface area contributed by atoms with Crippen molar-refractivity contribution in [3.63, 3.8) is 0 Å². The molecule has 0 unspecified atom stereocenters. The van der Waals surface area contributed by atoms with Gasteiger partial charge in [-0.1, -0.05) is 26.2 Å². The number of aryl methyl sites for hydroxylation is 1. The quantitative estimate of drug-likeness (QED) is 0.366. The molecule has 1 aromatic heterocycles. The Morgan fingerprint density at radius 1 is 1.47 bits per heavy atom. The molecular weight excluding hydrogens is 214 g/mol. The third-order valence-electron chi connectivity index (χ3n) is 3.34. The fraction of sp³-hybridized carbons (Fsp3) is 0.615. The number of amidine groups is 1. The first-order valence-electron chi connectivity index (χ1n) is 6.46. The number of hydrogen-bond acceptors (Lipinski definition) is 3. The van der Waals surface area contributed by atoms with Crippen LogP contribution in [-0.4, -0.2) is 11.9 Å². The molecule has 17 heavy (non-hydrogen) atoms. The third kappa shape index (κ3) is 2.88. The molecule has 1 heterocycles. The van der Waals surface area contributed by atoms with Crippen LogP contribution in [0.25, 0.3) is 0 Å². The van der Waals surface area contributed by atoms with Gasteiger partial charge in [0.2, 0.25) is 0 Å². The lowest BCUT2D eigenvalue weighted by molar-refractivity contribution is 0.442. The van der Waals surface area contributed by atoms with E-state index in [0.29, 0.717) is 6.04 Å². The molecule has 0 aliphatic heterocycles. The second-order valence-corrected chi connectivity index (χ2v) is 4.52. The lowest BCUT2D eigenvalue weighted by atomic mass is 9.96. The van der Waals surface area contributed by atoms with Gasteiger partial charge in [0.25, 0.3) is 0 Å². The summed E-state index contributed by atoms with van der Waals surface area (Å²) in [5, 5.41) is 0. The van der Waals surface area contributed by atoms with Gasteiger partial charge in [0, 0.05) is 6.42 Å². The van der Waals surface area contributed by atoms with Crippen molar-refractivity contribution >= 4 is 5.84 Å². The zero-order valence-corrected chi connectivity index (χ0v) is 10.4. The van der Waals surface area contributed by atoms with E-state index in [9.17, 15) is 0 Å². The van der Waals surface area contributed by atoms with Crippen molar-refractivity contribution in [1.82, 2.24) is 5.43 Å². The summed E-state index contributed by atoms with van der Waals surface area (Å²) in [5.41, 5.74) is 3.72. The van der Waals surface area contributed by atoms with Gasteiger partial charge in [0.05, 0.1) is 17.9 Å². The first-order valence-corrected chi connectivity index (χ1v) is 6.46. The maximum absolute atomic E-state index is 5.58. The summed E-state index contributed by atoms with van der Waals surface area (Å²) < 4.78 is 5.41. The normalized spacial score (nSPS) is 18.4. The lowest BCUT2D eigenvalue weighted by Gasteiger charge is -2.19. The average Bonchev–Trinajstić information content (AvgIpc) is 2.85. The molecule has 1 saturated carbocycles. The van der Waals surface area contributed by atoms with Crippen LogP contribution < -0.4 is 11.3 Å². The van der Waals surface area contributed by atoms with Crippen LogP contribution in [0, 0.1) is 0 Å². The molecule has 2 rings (SSSR count). The van der Waals surface area contributed by atoms with E-state index in [-0.39, 0.29) is 0 Å². The van der Waals surface area contributed by atoms with Gasteiger partial charge in [-0.05, 0) is 18.9 Å². The standard InChI is InChI=1S/C13H21N3O/c1-2-12-11(8-9-17-12)13(16-14)15-10-6-4-3-5-7-10/h8-10H,2-7,14H2,1H3,(H,15,16). The van der Waals surface area contributed by atoms with Crippen LogP contribution in [0.3, 0.4) is 0 Å². The molecule has 94 valence electrons. The monoisotopic (exact) mass is 235 g/mol. The number of rotatable bonds is 3. The largest absolute Gasteiger partial charge is 0.469 e. The van der Waals surface area contributed by atoms with E-state index < -0.39 is 0 Å². The molecule has 0 bridgehead atoms. The van der Waals surface area contributed by atoms with Gasteiger partial charge in [0.15, 0.2) is 0 Å². The van der Waals surface area contributed by atoms with Crippen LogP contribution >= 0.6 is 0 Å². The number of hydrazine groups is 1. The molecule has 3 N–H and O–H groups in total. The zero-order chi connectivity index (χ0) is 12.1. The molecule has 0 amide bonds. The summed E-state index contributed by atoms with van der Waals surface area (Å²) in [5.74, 6) is 7.29. The Balaban J connectivity index is 2.17. The highest BCUT2D eigenvalue weighted by Crippen LogP contribution is 2.21. The van der Waals surface area contributed by atoms with Crippen molar-refractivity contribution < 1.29 is 4.42 Å². The van der Waals surface area contributed by atoms with Crippen LogP contribution in [0.4, 0.5) is 0 Å². The molecule has 1 aliphatic carbocycles. The van der Waals surface area contributed by atoms with Gasteiger partial charge in [-0.2, -0.15) is 0 Å². The van der Waals surface area contributed by atoms with E-state index in [4.69, 9.17) is 15.3 Å². The molecule has 1 aliphatic rings. The van der Waals surface area contributed by atoms with E-state index >= 15 is 0 Å². The second kappa shape index (κ2) is 5.87. The van der Waals surface area contributed by atoms with E-state index in [2.05, 4.69) is 12.3 Å². The van der Waals surface area contributed by atoms with Crippen molar-refractivity contribution in [2.75, 3.05) is 0 Å². The minimum Gasteiger partial charge on any atom is -0.469 e. The SMILES string of the molecule is CCc1occc1C(=NC1CCCCC1)NN. The minimum atomic E-state index is 0.411. The smallest absolute Gasteiger partial charge is 0.146 e. The van der Waals surface area contributed by atoms with Crippen molar-refractivity contribution in [1.29, 1.82) is 0 Å². The first-order chi connectivity index (χ1) is 8.35. The van der Waals surface area contributed by atoms with Crippen LogP contribution in [0.5, 0.6) is 0 Å². The van der Waals surface area contributed by atoms with Gasteiger partial charge in [0.1, 0.15) is 11.6 Å². The third-order valence-corrected chi connectivity index (χ3v) is 3.34. The topological polar surface area (TPSA) is 63.5 Å². The minimum absolute atomic E-state index is 0.411. The summed E-state index contributed by atoms with van der Waals surface area (Å²) in [7, 11) is 0. The molecule has 0 saturated heterocycles. The molecule has 0 spiro atoms. The van der Waals surface area contributed by atoms with Crippen molar-refractivity contribution in [3.8, 4) is 0 Å². The number of aliphatic imine (C=N–C) groups is 1. The number of nitrogens with zero attached hydrogens (tertiary/aromatic N) is 1. The van der Waals surface area contributed by atoms with E-state index in [1.165, 1.54) is 32.1 Å². The highest BCUT2D eigenvalue weighted by Gasteiger charge is 2.16. The Hall–Kier alpha value is -1.29. The fourth-order valence-corrected chi connectivity index (χ4v) is 2.40. The van der Waals surface area contributed by atoms with Gasteiger partial charge >= 0.3 is 0 Å². The van der Waals surface area contributed by atoms with Gasteiger partial charge < -0.3 is 9.84 Å². The molecule has 0 aromatic carbocycles. The summed E-state index contributed by atoms with van der Waals surface area (Å²) in [6, 6.07) is 2.34.